The summed E-state index contributed by atoms with van der Waals surface area (Å²) in [4.78, 5) is 24.4. The van der Waals surface area contributed by atoms with Gasteiger partial charge in [-0.25, -0.2) is 0 Å². The highest BCUT2D eigenvalue weighted by atomic mass is 79.9. The number of amides is 2. The van der Waals surface area contributed by atoms with E-state index in [2.05, 4.69) is 26.6 Å². The maximum atomic E-state index is 12.3. The first-order valence-electron chi connectivity index (χ1n) is 8.36. The number of benzene rings is 2. The van der Waals surface area contributed by atoms with Gasteiger partial charge in [-0.15, -0.1) is 0 Å². The number of nitrogens with one attached hydrogen (secondary N) is 2. The molecule has 0 spiro atoms. The summed E-state index contributed by atoms with van der Waals surface area (Å²) in [6.45, 7) is 1.83. The zero-order valence-corrected chi connectivity index (χ0v) is 15.7. The summed E-state index contributed by atoms with van der Waals surface area (Å²) in [7, 11) is 0. The third kappa shape index (κ3) is 4.54. The molecule has 26 heavy (non-hydrogen) atoms. The van der Waals surface area contributed by atoms with Crippen molar-refractivity contribution in [2.24, 2.45) is 0 Å². The van der Waals surface area contributed by atoms with Crippen LogP contribution in [0.15, 0.2) is 46.9 Å². The van der Waals surface area contributed by atoms with Crippen LogP contribution in [0.3, 0.4) is 0 Å². The number of ether oxygens (including phenoxy) is 2. The van der Waals surface area contributed by atoms with E-state index in [-0.39, 0.29) is 11.8 Å². The zero-order chi connectivity index (χ0) is 18.4. The van der Waals surface area contributed by atoms with Gasteiger partial charge in [0, 0.05) is 23.1 Å². The molecule has 0 fully saturated rings. The van der Waals surface area contributed by atoms with Gasteiger partial charge in [-0.2, -0.15) is 0 Å². The fraction of sp³-hybridized carbons (Fsp3) is 0.263. The number of halogens is 1. The fourth-order valence-electron chi connectivity index (χ4n) is 2.57. The Morgan fingerprint density at radius 3 is 2.50 bits per heavy atom. The van der Waals surface area contributed by atoms with Crippen molar-refractivity contribution in [3.05, 3.63) is 58.1 Å². The quantitative estimate of drug-likeness (QED) is 0.707. The van der Waals surface area contributed by atoms with Crippen LogP contribution in [0.25, 0.3) is 0 Å². The average Bonchev–Trinajstić information content (AvgIpc) is 2.67. The van der Waals surface area contributed by atoms with Crippen LogP contribution in [-0.2, 0) is 0 Å². The topological polar surface area (TPSA) is 76.7 Å². The van der Waals surface area contributed by atoms with Crippen molar-refractivity contribution in [3.8, 4) is 11.5 Å². The molecule has 2 aromatic carbocycles. The van der Waals surface area contributed by atoms with E-state index in [1.54, 1.807) is 30.3 Å². The summed E-state index contributed by atoms with van der Waals surface area (Å²) in [6.07, 6.45) is 0.623. The third-order valence-corrected chi connectivity index (χ3v) is 4.32. The molecule has 0 unspecified atom stereocenters. The van der Waals surface area contributed by atoms with Crippen molar-refractivity contribution in [3.63, 3.8) is 0 Å². The second kappa shape index (κ2) is 8.71. The van der Waals surface area contributed by atoms with Gasteiger partial charge in [-0.1, -0.05) is 28.1 Å². The Bertz CT molecular complexity index is 810. The summed E-state index contributed by atoms with van der Waals surface area (Å²) in [5.74, 6) is 0.718. The van der Waals surface area contributed by atoms with E-state index in [4.69, 9.17) is 9.47 Å². The molecule has 7 heteroatoms. The lowest BCUT2D eigenvalue weighted by molar-refractivity contribution is 0.0942. The van der Waals surface area contributed by atoms with Crippen molar-refractivity contribution in [2.75, 3.05) is 26.3 Å². The number of para-hydroxylation sites is 1. The van der Waals surface area contributed by atoms with E-state index in [1.807, 2.05) is 12.1 Å². The van der Waals surface area contributed by atoms with Crippen LogP contribution in [0.4, 0.5) is 0 Å². The van der Waals surface area contributed by atoms with E-state index < -0.39 is 0 Å². The average molecular weight is 419 g/mol. The molecule has 2 aromatic rings. The fourth-order valence-corrected chi connectivity index (χ4v) is 2.97. The third-order valence-electron chi connectivity index (χ3n) is 3.82. The molecule has 0 radical (unpaired) electrons. The lowest BCUT2D eigenvalue weighted by Gasteiger charge is -2.20. The Balaban J connectivity index is 1.44. The van der Waals surface area contributed by atoms with Gasteiger partial charge in [0.25, 0.3) is 11.8 Å². The minimum Gasteiger partial charge on any atom is -0.486 e. The molecule has 1 aliphatic rings. The Labute approximate surface area is 160 Å². The first kappa shape index (κ1) is 18.3. The van der Waals surface area contributed by atoms with E-state index in [0.29, 0.717) is 55.4 Å². The van der Waals surface area contributed by atoms with Crippen molar-refractivity contribution < 1.29 is 19.1 Å². The number of hydrogen-bond acceptors (Lipinski definition) is 4. The zero-order valence-electron chi connectivity index (χ0n) is 14.1. The molecule has 0 saturated heterocycles. The number of carbonyl (C=O) groups is 2. The van der Waals surface area contributed by atoms with Crippen LogP contribution in [0.5, 0.6) is 11.5 Å². The Hall–Kier alpha value is -2.54. The molecule has 0 bridgehead atoms. The molecule has 0 aliphatic carbocycles. The van der Waals surface area contributed by atoms with Crippen molar-refractivity contribution in [1.29, 1.82) is 0 Å². The standard InChI is InChI=1S/C19H19BrN2O4/c20-14-5-1-4-13(12-14)18(23)21-8-3-9-22-19(24)15-6-2-7-16-17(15)26-11-10-25-16/h1-2,4-7,12H,3,8-11H2,(H,21,23)(H,22,24). The monoisotopic (exact) mass is 418 g/mol. The van der Waals surface area contributed by atoms with Gasteiger partial charge in [0.05, 0.1) is 5.56 Å². The summed E-state index contributed by atoms with van der Waals surface area (Å²) >= 11 is 3.34. The van der Waals surface area contributed by atoms with E-state index in [0.717, 1.165) is 4.47 Å². The molecule has 1 heterocycles. The second-order valence-electron chi connectivity index (χ2n) is 5.71. The van der Waals surface area contributed by atoms with Gasteiger partial charge in [-0.05, 0) is 36.8 Å². The van der Waals surface area contributed by atoms with Crippen LogP contribution in [-0.4, -0.2) is 38.1 Å². The molecular formula is C19H19BrN2O4. The normalized spacial score (nSPS) is 12.3. The van der Waals surface area contributed by atoms with Crippen molar-refractivity contribution in [2.45, 2.75) is 6.42 Å². The molecule has 2 N–H and O–H groups in total. The minimum absolute atomic E-state index is 0.139. The van der Waals surface area contributed by atoms with Crippen LogP contribution < -0.4 is 20.1 Å². The Morgan fingerprint density at radius 1 is 0.962 bits per heavy atom. The maximum Gasteiger partial charge on any atom is 0.255 e. The Kier molecular flexibility index (Phi) is 6.12. The summed E-state index contributed by atoms with van der Waals surface area (Å²) in [5.41, 5.74) is 1.05. The predicted octanol–water partition coefficient (Wildman–Crippen LogP) is 2.77. The largest absolute Gasteiger partial charge is 0.486 e. The van der Waals surface area contributed by atoms with Gasteiger partial charge in [0.2, 0.25) is 0 Å². The van der Waals surface area contributed by atoms with Crippen LogP contribution >= 0.6 is 15.9 Å². The van der Waals surface area contributed by atoms with Crippen LogP contribution in [0, 0.1) is 0 Å². The molecule has 0 atom stereocenters. The predicted molar refractivity (Wildman–Crippen MR) is 101 cm³/mol. The minimum atomic E-state index is -0.217. The van der Waals surface area contributed by atoms with Gasteiger partial charge < -0.3 is 20.1 Å². The molecular weight excluding hydrogens is 400 g/mol. The number of hydrogen-bond donors (Lipinski definition) is 2. The highest BCUT2D eigenvalue weighted by Gasteiger charge is 2.19. The smallest absolute Gasteiger partial charge is 0.255 e. The summed E-state index contributed by atoms with van der Waals surface area (Å²) < 4.78 is 11.9. The molecule has 0 saturated carbocycles. The van der Waals surface area contributed by atoms with Gasteiger partial charge in [-0.3, -0.25) is 9.59 Å². The Morgan fingerprint density at radius 2 is 1.69 bits per heavy atom. The van der Waals surface area contributed by atoms with Crippen molar-refractivity contribution in [1.82, 2.24) is 10.6 Å². The number of fused-ring (bicyclic) bond motifs is 1. The number of carbonyl (C=O) groups excluding carboxylic acids is 2. The number of rotatable bonds is 6. The van der Waals surface area contributed by atoms with Gasteiger partial charge in [0.1, 0.15) is 13.2 Å². The molecule has 1 aliphatic heterocycles. The first-order valence-corrected chi connectivity index (χ1v) is 9.15. The lowest BCUT2D eigenvalue weighted by Crippen LogP contribution is -2.30. The molecule has 0 aromatic heterocycles. The molecule has 6 nitrogen and oxygen atoms in total. The highest BCUT2D eigenvalue weighted by molar-refractivity contribution is 9.10. The molecule has 136 valence electrons. The van der Waals surface area contributed by atoms with E-state index in [9.17, 15) is 9.59 Å². The maximum absolute atomic E-state index is 12.3. The molecule has 2 amide bonds. The lowest BCUT2D eigenvalue weighted by atomic mass is 10.1. The van der Waals surface area contributed by atoms with Gasteiger partial charge >= 0.3 is 0 Å². The summed E-state index contributed by atoms with van der Waals surface area (Å²) in [5, 5.41) is 5.67. The first-order chi connectivity index (χ1) is 12.6. The van der Waals surface area contributed by atoms with Crippen molar-refractivity contribution >= 4 is 27.7 Å². The van der Waals surface area contributed by atoms with Crippen LogP contribution in [0.2, 0.25) is 0 Å². The summed E-state index contributed by atoms with van der Waals surface area (Å²) in [6, 6.07) is 12.4. The van der Waals surface area contributed by atoms with Crippen LogP contribution in [0.1, 0.15) is 27.1 Å². The SMILES string of the molecule is O=C(NCCCNC(=O)c1cccc2c1OCCO2)c1cccc(Br)c1. The molecule has 3 rings (SSSR count). The van der Waals surface area contributed by atoms with E-state index in [1.165, 1.54) is 0 Å². The van der Waals surface area contributed by atoms with Gasteiger partial charge in [0.15, 0.2) is 11.5 Å². The second-order valence-corrected chi connectivity index (χ2v) is 6.62. The highest BCUT2D eigenvalue weighted by Crippen LogP contribution is 2.33. The van der Waals surface area contributed by atoms with E-state index >= 15 is 0 Å².